The Labute approximate surface area is 215 Å². The SMILES string of the molecule is CC(O)(c1ccc2cnc(Nc3cc(N4CCOCC4)ncc3F)cc2n1)C1CCC2(CC1)OCCO2. The van der Waals surface area contributed by atoms with Crippen molar-refractivity contribution >= 4 is 28.2 Å². The molecular weight excluding hydrogens is 477 g/mol. The van der Waals surface area contributed by atoms with E-state index in [9.17, 15) is 9.50 Å². The van der Waals surface area contributed by atoms with Crippen LogP contribution in [0.2, 0.25) is 0 Å². The summed E-state index contributed by atoms with van der Waals surface area (Å²) in [6.45, 7) is 5.76. The molecule has 1 spiro atoms. The second-order valence-electron chi connectivity index (χ2n) is 10.2. The van der Waals surface area contributed by atoms with E-state index >= 15 is 0 Å². The van der Waals surface area contributed by atoms with E-state index in [0.29, 0.717) is 68.1 Å². The standard InChI is InChI=1S/C27H32FN5O4/c1-26(34,19-4-6-27(7-5-19)36-12-13-37-27)23-3-2-18-16-29-24(14-21(18)31-23)32-22-15-25(30-17-20(22)28)33-8-10-35-11-9-33/h2-3,14-17,19,34H,4-13H2,1H3,(H,29,30,32). The van der Waals surface area contributed by atoms with Crippen molar-refractivity contribution < 1.29 is 23.7 Å². The predicted octanol–water partition coefficient (Wildman–Crippen LogP) is 3.88. The number of fused-ring (bicyclic) bond motifs is 1. The summed E-state index contributed by atoms with van der Waals surface area (Å²) >= 11 is 0. The Morgan fingerprint density at radius 3 is 2.57 bits per heavy atom. The van der Waals surface area contributed by atoms with Crippen molar-refractivity contribution in [1.82, 2.24) is 15.0 Å². The number of anilines is 3. The Bertz CT molecular complexity index is 1270. The minimum absolute atomic E-state index is 0.0415. The van der Waals surface area contributed by atoms with E-state index in [1.807, 2.05) is 19.1 Å². The van der Waals surface area contributed by atoms with Crippen LogP contribution in [0.3, 0.4) is 0 Å². The van der Waals surface area contributed by atoms with Crippen LogP contribution in [0.15, 0.2) is 36.7 Å². The number of halogens is 1. The molecule has 3 fully saturated rings. The van der Waals surface area contributed by atoms with Crippen LogP contribution in [0.5, 0.6) is 0 Å². The molecule has 0 aromatic carbocycles. The van der Waals surface area contributed by atoms with Crippen LogP contribution in [0.25, 0.3) is 10.9 Å². The van der Waals surface area contributed by atoms with Crippen LogP contribution in [0.1, 0.15) is 38.3 Å². The summed E-state index contributed by atoms with van der Waals surface area (Å²) in [5, 5.41) is 15.5. The van der Waals surface area contributed by atoms with E-state index < -0.39 is 17.2 Å². The molecule has 1 atom stereocenters. The van der Waals surface area contributed by atoms with Gasteiger partial charge in [-0.15, -0.1) is 0 Å². The summed E-state index contributed by atoms with van der Waals surface area (Å²) in [5.74, 6) is 0.255. The second kappa shape index (κ2) is 9.75. The van der Waals surface area contributed by atoms with Crippen molar-refractivity contribution in [2.75, 3.05) is 49.7 Å². The summed E-state index contributed by atoms with van der Waals surface area (Å²) in [7, 11) is 0. The largest absolute Gasteiger partial charge is 0.384 e. The van der Waals surface area contributed by atoms with Crippen molar-refractivity contribution in [2.45, 2.75) is 44.0 Å². The van der Waals surface area contributed by atoms with Gasteiger partial charge >= 0.3 is 0 Å². The molecule has 1 unspecified atom stereocenters. The fraction of sp³-hybridized carbons (Fsp3) is 0.519. The molecule has 0 radical (unpaired) electrons. The summed E-state index contributed by atoms with van der Waals surface area (Å²) in [6.07, 6.45) is 6.04. The van der Waals surface area contributed by atoms with E-state index in [-0.39, 0.29) is 5.92 Å². The maximum atomic E-state index is 14.6. The molecule has 2 saturated heterocycles. The first kappa shape index (κ1) is 24.4. The minimum atomic E-state index is -1.10. The average Bonchev–Trinajstić information content (AvgIpc) is 3.38. The Kier molecular flexibility index (Phi) is 6.44. The van der Waals surface area contributed by atoms with Gasteiger partial charge in [-0.1, -0.05) is 0 Å². The van der Waals surface area contributed by atoms with Crippen LogP contribution in [0, 0.1) is 11.7 Å². The average molecular weight is 510 g/mol. The van der Waals surface area contributed by atoms with Crippen LogP contribution < -0.4 is 10.2 Å². The molecule has 0 amide bonds. The fourth-order valence-corrected chi connectivity index (χ4v) is 5.61. The van der Waals surface area contributed by atoms with Crippen LogP contribution in [-0.4, -0.2) is 65.4 Å². The highest BCUT2D eigenvalue weighted by Crippen LogP contribution is 2.45. The Morgan fingerprint density at radius 1 is 1.05 bits per heavy atom. The molecule has 1 aliphatic carbocycles. The van der Waals surface area contributed by atoms with Gasteiger partial charge in [-0.3, -0.25) is 0 Å². The quantitative estimate of drug-likeness (QED) is 0.530. The second-order valence-corrected chi connectivity index (χ2v) is 10.2. The number of nitrogens with one attached hydrogen (secondary N) is 1. The first-order chi connectivity index (χ1) is 17.9. The molecule has 2 aliphatic heterocycles. The zero-order valence-electron chi connectivity index (χ0n) is 21.0. The fourth-order valence-electron chi connectivity index (χ4n) is 5.61. The molecule has 9 nitrogen and oxygen atoms in total. The van der Waals surface area contributed by atoms with Gasteiger partial charge < -0.3 is 29.5 Å². The number of nitrogens with zero attached hydrogens (tertiary/aromatic N) is 4. The Morgan fingerprint density at radius 2 is 1.81 bits per heavy atom. The highest BCUT2D eigenvalue weighted by Gasteiger charge is 2.45. The number of ether oxygens (including phenoxy) is 3. The zero-order chi connectivity index (χ0) is 25.5. The lowest BCUT2D eigenvalue weighted by Gasteiger charge is -2.41. The lowest BCUT2D eigenvalue weighted by molar-refractivity contribution is -0.193. The van der Waals surface area contributed by atoms with Crippen LogP contribution in [-0.2, 0) is 19.8 Å². The van der Waals surface area contributed by atoms with Gasteiger partial charge in [0.05, 0.1) is 49.5 Å². The summed E-state index contributed by atoms with van der Waals surface area (Å²) < 4.78 is 31.7. The minimum Gasteiger partial charge on any atom is -0.384 e. The van der Waals surface area contributed by atoms with Gasteiger partial charge in [-0.2, -0.15) is 0 Å². The van der Waals surface area contributed by atoms with E-state index in [2.05, 4.69) is 20.2 Å². The molecule has 196 valence electrons. The normalized spacial score (nSPS) is 21.9. The van der Waals surface area contributed by atoms with Crippen molar-refractivity contribution in [1.29, 1.82) is 0 Å². The number of pyridine rings is 3. The van der Waals surface area contributed by atoms with Crippen molar-refractivity contribution in [3.63, 3.8) is 0 Å². The third kappa shape index (κ3) is 4.86. The van der Waals surface area contributed by atoms with Crippen LogP contribution >= 0.6 is 0 Å². The smallest absolute Gasteiger partial charge is 0.168 e. The van der Waals surface area contributed by atoms with Crippen LogP contribution in [0.4, 0.5) is 21.7 Å². The highest BCUT2D eigenvalue weighted by atomic mass is 19.1. The summed E-state index contributed by atoms with van der Waals surface area (Å²) in [4.78, 5) is 15.6. The molecule has 3 aliphatic rings. The number of morpholine rings is 1. The van der Waals surface area contributed by atoms with Gasteiger partial charge in [0.15, 0.2) is 11.6 Å². The molecule has 0 bridgehead atoms. The van der Waals surface area contributed by atoms with E-state index in [4.69, 9.17) is 19.2 Å². The third-order valence-corrected chi connectivity index (χ3v) is 7.89. The Balaban J connectivity index is 1.22. The van der Waals surface area contributed by atoms with E-state index in [1.165, 1.54) is 6.20 Å². The predicted molar refractivity (Wildman–Crippen MR) is 136 cm³/mol. The number of aliphatic hydroxyl groups is 1. The molecule has 2 N–H and O–H groups in total. The molecular formula is C27H32FN5O4. The van der Waals surface area contributed by atoms with Crippen molar-refractivity contribution in [3.8, 4) is 0 Å². The molecule has 3 aromatic rings. The van der Waals surface area contributed by atoms with Crippen molar-refractivity contribution in [2.24, 2.45) is 5.92 Å². The van der Waals surface area contributed by atoms with Gasteiger partial charge in [0.25, 0.3) is 0 Å². The summed E-state index contributed by atoms with van der Waals surface area (Å²) in [5.41, 5.74) is 0.470. The van der Waals surface area contributed by atoms with Gasteiger partial charge in [0.2, 0.25) is 0 Å². The number of aromatic nitrogens is 3. The van der Waals surface area contributed by atoms with Gasteiger partial charge in [-0.25, -0.2) is 19.3 Å². The molecule has 37 heavy (non-hydrogen) atoms. The Hall–Kier alpha value is -2.92. The van der Waals surface area contributed by atoms with Gasteiger partial charge in [0, 0.05) is 49.6 Å². The van der Waals surface area contributed by atoms with Crippen molar-refractivity contribution in [3.05, 3.63) is 48.2 Å². The first-order valence-electron chi connectivity index (χ1n) is 12.9. The van der Waals surface area contributed by atoms with Gasteiger partial charge in [0.1, 0.15) is 17.2 Å². The summed E-state index contributed by atoms with van der Waals surface area (Å²) in [6, 6.07) is 7.25. The maximum Gasteiger partial charge on any atom is 0.168 e. The topological polar surface area (TPSA) is 102 Å². The van der Waals surface area contributed by atoms with Gasteiger partial charge in [-0.05, 0) is 37.8 Å². The third-order valence-electron chi connectivity index (χ3n) is 7.89. The molecule has 6 rings (SSSR count). The molecule has 5 heterocycles. The molecule has 1 saturated carbocycles. The highest BCUT2D eigenvalue weighted by molar-refractivity contribution is 5.81. The lowest BCUT2D eigenvalue weighted by atomic mass is 9.74. The number of hydrogen-bond donors (Lipinski definition) is 2. The maximum absolute atomic E-state index is 14.6. The van der Waals surface area contributed by atoms with E-state index in [1.54, 1.807) is 18.3 Å². The zero-order valence-corrected chi connectivity index (χ0v) is 21.0. The monoisotopic (exact) mass is 509 g/mol. The number of hydrogen-bond acceptors (Lipinski definition) is 9. The molecule has 3 aromatic heterocycles. The first-order valence-corrected chi connectivity index (χ1v) is 12.9. The number of rotatable bonds is 5. The van der Waals surface area contributed by atoms with E-state index in [0.717, 1.165) is 31.1 Å². The lowest BCUT2D eigenvalue weighted by Crippen LogP contribution is -2.42. The molecule has 10 heteroatoms.